The number of carbonyl (C=O) groups is 2. The van der Waals surface area contributed by atoms with Crippen LogP contribution >= 0.6 is 35.0 Å². The molecule has 3 aromatic carbocycles. The van der Waals surface area contributed by atoms with E-state index in [2.05, 4.69) is 17.4 Å². The lowest BCUT2D eigenvalue weighted by molar-refractivity contribution is -0.141. The average molecular weight is 558 g/mol. The number of hydrogen-bond donors (Lipinski definition) is 1. The third kappa shape index (κ3) is 9.10. The van der Waals surface area contributed by atoms with E-state index >= 15 is 0 Å². The molecule has 4 nitrogen and oxygen atoms in total. The highest BCUT2D eigenvalue weighted by Crippen LogP contribution is 2.28. The first-order chi connectivity index (χ1) is 17.9. The molecular weight excluding hydrogens is 523 g/mol. The summed E-state index contributed by atoms with van der Waals surface area (Å²) in [5.41, 5.74) is 2.84. The summed E-state index contributed by atoms with van der Waals surface area (Å²) in [6.07, 6.45) is 1.50. The van der Waals surface area contributed by atoms with Gasteiger partial charge in [0.15, 0.2) is 0 Å². The molecule has 0 spiro atoms. The Morgan fingerprint density at radius 3 is 2.08 bits per heavy atom. The number of carbonyl (C=O) groups excluding carboxylic acids is 2. The van der Waals surface area contributed by atoms with Crippen LogP contribution in [0.1, 0.15) is 43.4 Å². The lowest BCUT2D eigenvalue weighted by Gasteiger charge is -2.33. The molecule has 0 aromatic heterocycles. The Morgan fingerprint density at radius 2 is 1.49 bits per heavy atom. The zero-order valence-corrected chi connectivity index (χ0v) is 23.7. The summed E-state index contributed by atoms with van der Waals surface area (Å²) < 4.78 is 0. The van der Waals surface area contributed by atoms with E-state index in [1.807, 2.05) is 62.4 Å². The van der Waals surface area contributed by atoms with Crippen LogP contribution < -0.4 is 5.32 Å². The summed E-state index contributed by atoms with van der Waals surface area (Å²) >= 11 is 14.7. The Labute approximate surface area is 234 Å². The van der Waals surface area contributed by atoms with Gasteiger partial charge in [-0.25, -0.2) is 0 Å². The predicted molar refractivity (Wildman–Crippen MR) is 156 cm³/mol. The second-order valence-corrected chi connectivity index (χ2v) is 11.0. The molecule has 2 atom stereocenters. The molecule has 3 rings (SSSR count). The maximum absolute atomic E-state index is 13.7. The van der Waals surface area contributed by atoms with Crippen LogP contribution in [0.5, 0.6) is 0 Å². The molecule has 1 N–H and O–H groups in total. The lowest BCUT2D eigenvalue weighted by atomic mass is 10.0. The standard InChI is InChI=1S/C30H34Cl2N2O2S/c1-3-22(2)33-30(36)28(19-23-11-6-4-7-12-23)34(20-25-26(31)15-10-16-27(25)32)29(35)17-18-37-21-24-13-8-5-9-14-24/h4-16,22,28H,3,17-21H2,1-2H3,(H,33,36)/t22-,28+/m1/s1. The number of nitrogens with zero attached hydrogens (tertiary/aromatic N) is 1. The van der Waals surface area contributed by atoms with Crippen LogP contribution in [0.25, 0.3) is 0 Å². The summed E-state index contributed by atoms with van der Waals surface area (Å²) in [5, 5.41) is 4.04. The van der Waals surface area contributed by atoms with E-state index in [9.17, 15) is 9.59 Å². The summed E-state index contributed by atoms with van der Waals surface area (Å²) in [4.78, 5) is 28.9. The van der Waals surface area contributed by atoms with Crippen LogP contribution in [0, 0.1) is 0 Å². The van der Waals surface area contributed by atoms with Crippen LogP contribution in [0.2, 0.25) is 10.0 Å². The maximum atomic E-state index is 13.7. The van der Waals surface area contributed by atoms with Gasteiger partial charge < -0.3 is 10.2 Å². The molecule has 0 bridgehead atoms. The first-order valence-electron chi connectivity index (χ1n) is 12.6. The number of rotatable bonds is 13. The monoisotopic (exact) mass is 556 g/mol. The Morgan fingerprint density at radius 1 is 0.892 bits per heavy atom. The molecule has 0 radical (unpaired) electrons. The summed E-state index contributed by atoms with van der Waals surface area (Å²) in [7, 11) is 0. The number of thioether (sulfide) groups is 1. The Hall–Kier alpha value is -2.47. The number of benzene rings is 3. The van der Waals surface area contributed by atoms with Crippen molar-refractivity contribution in [2.24, 2.45) is 0 Å². The average Bonchev–Trinajstić information content (AvgIpc) is 2.91. The minimum Gasteiger partial charge on any atom is -0.352 e. The fraction of sp³-hybridized carbons (Fsp3) is 0.333. The van der Waals surface area contributed by atoms with Crippen molar-refractivity contribution in [1.29, 1.82) is 0 Å². The van der Waals surface area contributed by atoms with E-state index < -0.39 is 6.04 Å². The first kappa shape index (κ1) is 29.1. The molecular formula is C30H34Cl2N2O2S. The molecule has 37 heavy (non-hydrogen) atoms. The van der Waals surface area contributed by atoms with E-state index in [1.165, 1.54) is 5.56 Å². The van der Waals surface area contributed by atoms with Gasteiger partial charge in [-0.3, -0.25) is 9.59 Å². The Bertz CT molecular complexity index is 1120. The highest BCUT2D eigenvalue weighted by Gasteiger charge is 2.31. The van der Waals surface area contributed by atoms with Gasteiger partial charge in [0.25, 0.3) is 0 Å². The topological polar surface area (TPSA) is 49.4 Å². The van der Waals surface area contributed by atoms with Crippen LogP contribution in [-0.4, -0.2) is 34.6 Å². The molecule has 0 saturated carbocycles. The fourth-order valence-corrected chi connectivity index (χ4v) is 5.32. The van der Waals surface area contributed by atoms with Gasteiger partial charge in [-0.1, -0.05) is 96.9 Å². The normalized spacial score (nSPS) is 12.5. The molecule has 0 aliphatic rings. The van der Waals surface area contributed by atoms with Gasteiger partial charge >= 0.3 is 0 Å². The SMILES string of the molecule is CC[C@@H](C)NC(=O)[C@H](Cc1ccccc1)N(Cc1c(Cl)cccc1Cl)C(=O)CCSCc1ccccc1. The van der Waals surface area contributed by atoms with Gasteiger partial charge in [0.1, 0.15) is 6.04 Å². The summed E-state index contributed by atoms with van der Waals surface area (Å²) in [6, 6.07) is 24.5. The van der Waals surface area contributed by atoms with Crippen molar-refractivity contribution >= 4 is 46.8 Å². The third-order valence-corrected chi connectivity index (χ3v) is 7.97. The van der Waals surface area contributed by atoms with E-state index in [-0.39, 0.29) is 24.4 Å². The van der Waals surface area contributed by atoms with Crippen LogP contribution in [-0.2, 0) is 28.3 Å². The van der Waals surface area contributed by atoms with Crippen LogP contribution in [0.3, 0.4) is 0 Å². The number of hydrogen-bond acceptors (Lipinski definition) is 3. The van der Waals surface area contributed by atoms with Crippen molar-refractivity contribution in [2.45, 2.75) is 57.5 Å². The van der Waals surface area contributed by atoms with E-state index in [1.54, 1.807) is 34.9 Å². The second kappa shape index (κ2) is 15.1. The van der Waals surface area contributed by atoms with Crippen molar-refractivity contribution in [3.63, 3.8) is 0 Å². The van der Waals surface area contributed by atoms with E-state index in [0.29, 0.717) is 34.2 Å². The van der Waals surface area contributed by atoms with Gasteiger partial charge in [0.2, 0.25) is 11.8 Å². The quantitative estimate of drug-likeness (QED) is 0.227. The van der Waals surface area contributed by atoms with E-state index in [4.69, 9.17) is 23.2 Å². The Kier molecular flexibility index (Phi) is 11.8. The van der Waals surface area contributed by atoms with Crippen molar-refractivity contribution in [3.05, 3.63) is 106 Å². The van der Waals surface area contributed by atoms with Gasteiger partial charge in [-0.2, -0.15) is 11.8 Å². The zero-order valence-electron chi connectivity index (χ0n) is 21.3. The highest BCUT2D eigenvalue weighted by atomic mass is 35.5. The fourth-order valence-electron chi connectivity index (χ4n) is 3.92. The lowest BCUT2D eigenvalue weighted by Crippen LogP contribution is -2.52. The molecule has 2 amide bonds. The van der Waals surface area contributed by atoms with E-state index in [0.717, 1.165) is 17.7 Å². The highest BCUT2D eigenvalue weighted by molar-refractivity contribution is 7.98. The molecule has 0 aliphatic carbocycles. The molecule has 0 heterocycles. The smallest absolute Gasteiger partial charge is 0.243 e. The van der Waals surface area contributed by atoms with Gasteiger partial charge in [0.05, 0.1) is 0 Å². The molecule has 0 unspecified atom stereocenters. The molecule has 0 fully saturated rings. The summed E-state index contributed by atoms with van der Waals surface area (Å²) in [6.45, 7) is 4.15. The predicted octanol–water partition coefficient (Wildman–Crippen LogP) is 7.17. The van der Waals surface area contributed by atoms with Crippen molar-refractivity contribution < 1.29 is 9.59 Å². The van der Waals surface area contributed by atoms with Gasteiger partial charge in [-0.15, -0.1) is 0 Å². The van der Waals surface area contributed by atoms with Crippen LogP contribution in [0.4, 0.5) is 0 Å². The third-order valence-electron chi connectivity index (χ3n) is 6.23. The first-order valence-corrected chi connectivity index (χ1v) is 14.5. The van der Waals surface area contributed by atoms with Crippen molar-refractivity contribution in [2.75, 3.05) is 5.75 Å². The number of halogens is 2. The Balaban J connectivity index is 1.85. The second-order valence-electron chi connectivity index (χ2n) is 9.03. The maximum Gasteiger partial charge on any atom is 0.243 e. The molecule has 7 heteroatoms. The largest absolute Gasteiger partial charge is 0.352 e. The van der Waals surface area contributed by atoms with Crippen molar-refractivity contribution in [3.8, 4) is 0 Å². The van der Waals surface area contributed by atoms with Gasteiger partial charge in [-0.05, 0) is 36.6 Å². The summed E-state index contributed by atoms with van der Waals surface area (Å²) in [5.74, 6) is 1.20. The molecule has 0 saturated heterocycles. The minimum atomic E-state index is -0.699. The molecule has 3 aromatic rings. The van der Waals surface area contributed by atoms with Crippen molar-refractivity contribution in [1.82, 2.24) is 10.2 Å². The zero-order chi connectivity index (χ0) is 26.6. The molecule has 0 aliphatic heterocycles. The number of amides is 2. The van der Waals surface area contributed by atoms with Crippen LogP contribution in [0.15, 0.2) is 78.9 Å². The number of nitrogens with one attached hydrogen (secondary N) is 1. The minimum absolute atomic E-state index is 0.00643. The van der Waals surface area contributed by atoms with Gasteiger partial charge in [0, 0.05) is 52.5 Å². The molecule has 196 valence electrons.